The van der Waals surface area contributed by atoms with Gasteiger partial charge in [-0.05, 0) is 31.9 Å². The van der Waals surface area contributed by atoms with E-state index in [0.29, 0.717) is 17.4 Å². The molecule has 2 amide bonds. The molecule has 0 saturated heterocycles. The molecule has 1 aromatic carbocycles. The van der Waals surface area contributed by atoms with E-state index in [4.69, 9.17) is 9.84 Å². The minimum atomic E-state index is -1.24. The fourth-order valence-electron chi connectivity index (χ4n) is 2.21. The molecule has 1 aromatic rings. The summed E-state index contributed by atoms with van der Waals surface area (Å²) >= 11 is 0. The number of carboxylic acids is 1. The molecule has 8 heteroatoms. The number of alkyl carbamates (subject to hydrolysis) is 1. The lowest BCUT2D eigenvalue weighted by Crippen LogP contribution is -2.48. The van der Waals surface area contributed by atoms with Crippen LogP contribution >= 0.6 is 0 Å². The van der Waals surface area contributed by atoms with Crippen molar-refractivity contribution < 1.29 is 29.0 Å². The van der Waals surface area contributed by atoms with E-state index in [9.17, 15) is 19.2 Å². The Morgan fingerprint density at radius 1 is 1.19 bits per heavy atom. The number of hydrogen-bond donors (Lipinski definition) is 3. The van der Waals surface area contributed by atoms with E-state index in [1.807, 2.05) is 0 Å². The summed E-state index contributed by atoms with van der Waals surface area (Å²) in [6.07, 6.45) is -0.179. The maximum Gasteiger partial charge on any atom is 0.408 e. The molecule has 0 aliphatic carbocycles. The third kappa shape index (κ3) is 6.54. The largest absolute Gasteiger partial charge is 0.480 e. The van der Waals surface area contributed by atoms with Crippen molar-refractivity contribution in [3.63, 3.8) is 0 Å². The van der Waals surface area contributed by atoms with Gasteiger partial charge in [0.2, 0.25) is 5.91 Å². The van der Waals surface area contributed by atoms with Gasteiger partial charge in [-0.25, -0.2) is 4.79 Å². The van der Waals surface area contributed by atoms with Gasteiger partial charge in [-0.3, -0.25) is 9.59 Å². The summed E-state index contributed by atoms with van der Waals surface area (Å²) in [7, 11) is 1.46. The molecule has 0 aliphatic rings. The molecule has 8 nitrogen and oxygen atoms in total. The Hall–Kier alpha value is -2.90. The second-order valence-corrected chi connectivity index (χ2v) is 6.71. The van der Waals surface area contributed by atoms with Crippen molar-refractivity contribution in [2.75, 3.05) is 7.05 Å². The number of carboxylic acid groups (broad SMARTS) is 1. The Morgan fingerprint density at radius 3 is 2.19 bits per heavy atom. The standard InChI is InChI=1S/C18H24N2O6/c1-18(2,3)26-17(25)20-14(15(22)19-4)9-11-5-7-12(8-6-11)13(10-21)16(23)24/h5-8,10,13-14H,9H2,1-4H3,(H,19,22)(H,20,25)(H,23,24)/t13?,14-/m0/s1. The molecule has 0 spiro atoms. The highest BCUT2D eigenvalue weighted by Crippen LogP contribution is 2.16. The summed E-state index contributed by atoms with van der Waals surface area (Å²) in [6.45, 7) is 5.14. The van der Waals surface area contributed by atoms with Gasteiger partial charge in [-0.1, -0.05) is 24.3 Å². The normalized spacial score (nSPS) is 13.2. The number of aliphatic carboxylic acids is 1. The van der Waals surface area contributed by atoms with Crippen molar-refractivity contribution in [2.45, 2.75) is 44.8 Å². The lowest BCUT2D eigenvalue weighted by atomic mass is 9.97. The van der Waals surface area contributed by atoms with Crippen LogP contribution in [0.25, 0.3) is 0 Å². The molecule has 0 fully saturated rings. The fraction of sp³-hybridized carbons (Fsp3) is 0.444. The fourth-order valence-corrected chi connectivity index (χ4v) is 2.21. The van der Waals surface area contributed by atoms with Crippen LogP contribution < -0.4 is 10.6 Å². The van der Waals surface area contributed by atoms with Crippen LogP contribution in [0.5, 0.6) is 0 Å². The molecule has 0 bridgehead atoms. The lowest BCUT2D eigenvalue weighted by molar-refractivity contribution is -0.140. The lowest BCUT2D eigenvalue weighted by Gasteiger charge is -2.23. The Labute approximate surface area is 151 Å². The van der Waals surface area contributed by atoms with Gasteiger partial charge in [-0.15, -0.1) is 0 Å². The van der Waals surface area contributed by atoms with Crippen molar-refractivity contribution in [2.24, 2.45) is 0 Å². The molecule has 1 unspecified atom stereocenters. The van der Waals surface area contributed by atoms with Crippen LogP contribution in [0.15, 0.2) is 24.3 Å². The topological polar surface area (TPSA) is 122 Å². The Kier molecular flexibility index (Phi) is 7.30. The molecule has 1 rings (SSSR count). The SMILES string of the molecule is CNC(=O)[C@H](Cc1ccc(C(C=O)C(=O)O)cc1)NC(=O)OC(C)(C)C. The van der Waals surface area contributed by atoms with Gasteiger partial charge in [0.05, 0.1) is 0 Å². The summed E-state index contributed by atoms with van der Waals surface area (Å²) in [5.41, 5.74) is 0.334. The van der Waals surface area contributed by atoms with Gasteiger partial charge in [0, 0.05) is 13.5 Å². The number of carbonyl (C=O) groups excluding carboxylic acids is 3. The van der Waals surface area contributed by atoms with Gasteiger partial charge >= 0.3 is 12.1 Å². The van der Waals surface area contributed by atoms with Crippen LogP contribution in [0.2, 0.25) is 0 Å². The molecule has 0 saturated carbocycles. The summed E-state index contributed by atoms with van der Waals surface area (Å²) < 4.78 is 5.16. The number of amides is 2. The average molecular weight is 364 g/mol. The molecule has 2 atom stereocenters. The van der Waals surface area contributed by atoms with E-state index in [1.54, 1.807) is 32.9 Å². The van der Waals surface area contributed by atoms with Gasteiger partial charge in [-0.2, -0.15) is 0 Å². The minimum absolute atomic E-state index is 0.179. The maximum absolute atomic E-state index is 12.0. The van der Waals surface area contributed by atoms with Crippen LogP contribution in [0.1, 0.15) is 37.8 Å². The quantitative estimate of drug-likeness (QED) is 0.494. The Bertz CT molecular complexity index is 663. The first kappa shape index (κ1) is 21.1. The third-order valence-corrected chi connectivity index (χ3v) is 3.43. The Balaban J connectivity index is 2.88. The first-order valence-corrected chi connectivity index (χ1v) is 8.05. The molecular formula is C18H24N2O6. The predicted octanol–water partition coefficient (Wildman–Crippen LogP) is 1.24. The van der Waals surface area contributed by atoms with Gasteiger partial charge in [0.1, 0.15) is 23.8 Å². The summed E-state index contributed by atoms with van der Waals surface area (Å²) in [5.74, 6) is -2.86. The van der Waals surface area contributed by atoms with Crippen molar-refractivity contribution in [1.29, 1.82) is 0 Å². The number of ether oxygens (including phenoxy) is 1. The second kappa shape index (κ2) is 8.98. The summed E-state index contributed by atoms with van der Waals surface area (Å²) in [6, 6.07) is 5.39. The highest BCUT2D eigenvalue weighted by Gasteiger charge is 2.24. The van der Waals surface area contributed by atoms with Crippen molar-refractivity contribution >= 4 is 24.3 Å². The van der Waals surface area contributed by atoms with E-state index in [0.717, 1.165) is 0 Å². The molecule has 0 aromatic heterocycles. The monoisotopic (exact) mass is 364 g/mol. The van der Waals surface area contributed by atoms with E-state index in [2.05, 4.69) is 10.6 Å². The number of aldehydes is 1. The van der Waals surface area contributed by atoms with Crippen LogP contribution in [-0.4, -0.2) is 48.1 Å². The zero-order valence-corrected chi connectivity index (χ0v) is 15.2. The molecule has 3 N–H and O–H groups in total. The van der Waals surface area contributed by atoms with Crippen molar-refractivity contribution in [1.82, 2.24) is 10.6 Å². The Morgan fingerprint density at radius 2 is 1.77 bits per heavy atom. The average Bonchev–Trinajstić information content (AvgIpc) is 2.53. The van der Waals surface area contributed by atoms with Crippen LogP contribution in [0.3, 0.4) is 0 Å². The predicted molar refractivity (Wildman–Crippen MR) is 93.8 cm³/mol. The smallest absolute Gasteiger partial charge is 0.408 e. The first-order chi connectivity index (χ1) is 12.1. The van der Waals surface area contributed by atoms with E-state index in [-0.39, 0.29) is 6.42 Å². The summed E-state index contributed by atoms with van der Waals surface area (Å²) in [5, 5.41) is 14.0. The molecule has 0 radical (unpaired) electrons. The van der Waals surface area contributed by atoms with Crippen LogP contribution in [0.4, 0.5) is 4.79 Å². The maximum atomic E-state index is 12.0. The van der Waals surface area contributed by atoms with Crippen LogP contribution in [0, 0.1) is 0 Å². The highest BCUT2D eigenvalue weighted by atomic mass is 16.6. The summed E-state index contributed by atoms with van der Waals surface area (Å²) in [4.78, 5) is 45.8. The van der Waals surface area contributed by atoms with Crippen molar-refractivity contribution in [3.05, 3.63) is 35.4 Å². The number of hydrogen-bond acceptors (Lipinski definition) is 5. The zero-order valence-electron chi connectivity index (χ0n) is 15.2. The van der Waals surface area contributed by atoms with E-state index >= 15 is 0 Å². The minimum Gasteiger partial charge on any atom is -0.480 e. The first-order valence-electron chi connectivity index (χ1n) is 8.05. The second-order valence-electron chi connectivity index (χ2n) is 6.71. The van der Waals surface area contributed by atoms with Gasteiger partial charge < -0.3 is 25.3 Å². The molecule has 142 valence electrons. The molecular weight excluding hydrogens is 340 g/mol. The highest BCUT2D eigenvalue weighted by molar-refractivity contribution is 5.92. The van der Waals surface area contributed by atoms with Crippen molar-refractivity contribution in [3.8, 4) is 0 Å². The number of likely N-dealkylation sites (N-methyl/N-ethyl adjacent to an activating group) is 1. The third-order valence-electron chi connectivity index (χ3n) is 3.43. The van der Waals surface area contributed by atoms with Gasteiger partial charge in [0.15, 0.2) is 0 Å². The van der Waals surface area contributed by atoms with E-state index in [1.165, 1.54) is 19.2 Å². The molecule has 0 heterocycles. The molecule has 0 aliphatic heterocycles. The number of rotatable bonds is 7. The number of carbonyl (C=O) groups is 4. The molecule has 26 heavy (non-hydrogen) atoms. The number of nitrogens with one attached hydrogen (secondary N) is 2. The zero-order chi connectivity index (χ0) is 19.9. The van der Waals surface area contributed by atoms with E-state index < -0.39 is 35.5 Å². The van der Waals surface area contributed by atoms with Crippen LogP contribution in [-0.2, 0) is 25.5 Å². The number of benzene rings is 1. The van der Waals surface area contributed by atoms with Gasteiger partial charge in [0.25, 0.3) is 0 Å².